The molecule has 0 bridgehead atoms. The first kappa shape index (κ1) is 24.7. The third-order valence-electron chi connectivity index (χ3n) is 4.96. The lowest BCUT2D eigenvalue weighted by Gasteiger charge is -2.21. The quantitative estimate of drug-likeness (QED) is 0.434. The summed E-state index contributed by atoms with van der Waals surface area (Å²) in [6.45, 7) is 3.01. The number of nitrogens with zero attached hydrogens (tertiary/aromatic N) is 2. The molecule has 0 radical (unpaired) electrons. The molecular formula is C23H26ClN3O5S. The van der Waals surface area contributed by atoms with Gasteiger partial charge in [0, 0.05) is 24.2 Å². The Kier molecular flexibility index (Phi) is 8.10. The summed E-state index contributed by atoms with van der Waals surface area (Å²) in [7, 11) is -3.25. The van der Waals surface area contributed by atoms with Crippen molar-refractivity contribution in [1.29, 1.82) is 0 Å². The highest BCUT2D eigenvalue weighted by Gasteiger charge is 2.15. The molecule has 0 spiro atoms. The summed E-state index contributed by atoms with van der Waals surface area (Å²) in [5.74, 6) is 0.873. The zero-order valence-electron chi connectivity index (χ0n) is 18.5. The molecule has 0 fully saturated rings. The van der Waals surface area contributed by atoms with Crippen LogP contribution in [0.15, 0.2) is 52.2 Å². The van der Waals surface area contributed by atoms with Crippen molar-refractivity contribution in [2.45, 2.75) is 37.6 Å². The summed E-state index contributed by atoms with van der Waals surface area (Å²) in [4.78, 5) is 34.2. The summed E-state index contributed by atoms with van der Waals surface area (Å²) >= 11 is 6.02. The summed E-state index contributed by atoms with van der Waals surface area (Å²) in [6, 6.07) is 11.0. The highest BCUT2D eigenvalue weighted by atomic mass is 35.5. The van der Waals surface area contributed by atoms with Crippen LogP contribution in [0.2, 0.25) is 5.02 Å². The van der Waals surface area contributed by atoms with Crippen LogP contribution in [-0.4, -0.2) is 48.6 Å². The van der Waals surface area contributed by atoms with E-state index >= 15 is 0 Å². The average Bonchev–Trinajstić information content (AvgIpc) is 2.75. The highest BCUT2D eigenvalue weighted by Crippen LogP contribution is 2.17. The molecule has 176 valence electrons. The number of carbonyl (C=O) groups excluding carboxylic acids is 1. The first-order chi connectivity index (χ1) is 15.7. The summed E-state index contributed by atoms with van der Waals surface area (Å²) in [5.41, 5.74) is 0.214. The Morgan fingerprint density at radius 2 is 1.91 bits per heavy atom. The highest BCUT2D eigenvalue weighted by molar-refractivity contribution is 7.90. The zero-order valence-corrected chi connectivity index (χ0v) is 20.1. The Bertz CT molecular complexity index is 1290. The number of fused-ring (bicyclic) bond motifs is 1. The molecule has 10 heteroatoms. The number of H-pyrrole nitrogens is 1. The van der Waals surface area contributed by atoms with Crippen LogP contribution < -0.4 is 10.3 Å². The summed E-state index contributed by atoms with van der Waals surface area (Å²) in [5, 5.41) is 0.928. The van der Waals surface area contributed by atoms with E-state index in [1.54, 1.807) is 35.2 Å². The molecule has 0 saturated heterocycles. The molecule has 1 aromatic heterocycles. The number of amides is 1. The van der Waals surface area contributed by atoms with Crippen LogP contribution in [0.3, 0.4) is 0 Å². The molecule has 0 aliphatic carbocycles. The van der Waals surface area contributed by atoms with Gasteiger partial charge in [-0.05, 0) is 55.3 Å². The predicted octanol–water partition coefficient (Wildman–Crippen LogP) is 3.58. The number of aromatic amines is 1. The van der Waals surface area contributed by atoms with Gasteiger partial charge in [0.25, 0.3) is 5.56 Å². The molecule has 33 heavy (non-hydrogen) atoms. The first-order valence-corrected chi connectivity index (χ1v) is 12.8. The number of rotatable bonds is 10. The Morgan fingerprint density at radius 1 is 1.18 bits per heavy atom. The van der Waals surface area contributed by atoms with Gasteiger partial charge in [0.05, 0.1) is 29.0 Å². The lowest BCUT2D eigenvalue weighted by molar-refractivity contribution is -0.132. The van der Waals surface area contributed by atoms with Gasteiger partial charge in [-0.25, -0.2) is 13.4 Å². The fraction of sp³-hybridized carbons (Fsp3) is 0.348. The van der Waals surface area contributed by atoms with E-state index in [1.807, 2.05) is 6.92 Å². The number of aromatic nitrogens is 2. The van der Waals surface area contributed by atoms with Gasteiger partial charge in [0.15, 0.2) is 9.84 Å². The van der Waals surface area contributed by atoms with Gasteiger partial charge < -0.3 is 14.6 Å². The zero-order chi connectivity index (χ0) is 24.0. The van der Waals surface area contributed by atoms with Gasteiger partial charge in [-0.2, -0.15) is 0 Å². The number of sulfone groups is 1. The van der Waals surface area contributed by atoms with Crippen LogP contribution in [0.25, 0.3) is 10.9 Å². The van der Waals surface area contributed by atoms with Gasteiger partial charge >= 0.3 is 0 Å². The maximum atomic E-state index is 12.8. The topological polar surface area (TPSA) is 109 Å². The second kappa shape index (κ2) is 10.8. The fourth-order valence-corrected chi connectivity index (χ4v) is 4.13. The van der Waals surface area contributed by atoms with Crippen LogP contribution in [0.5, 0.6) is 5.75 Å². The van der Waals surface area contributed by atoms with Crippen molar-refractivity contribution < 1.29 is 17.9 Å². The molecule has 0 aliphatic heterocycles. The van der Waals surface area contributed by atoms with E-state index < -0.39 is 9.84 Å². The van der Waals surface area contributed by atoms with Crippen molar-refractivity contribution in [2.24, 2.45) is 0 Å². The smallest absolute Gasteiger partial charge is 0.258 e. The lowest BCUT2D eigenvalue weighted by atomic mass is 10.2. The largest absolute Gasteiger partial charge is 0.494 e. The van der Waals surface area contributed by atoms with Gasteiger partial charge in [0.2, 0.25) is 5.91 Å². The fourth-order valence-electron chi connectivity index (χ4n) is 3.33. The van der Waals surface area contributed by atoms with Gasteiger partial charge in [0.1, 0.15) is 11.6 Å². The maximum Gasteiger partial charge on any atom is 0.258 e. The molecule has 0 aliphatic rings. The molecule has 0 saturated carbocycles. The molecule has 2 aromatic carbocycles. The van der Waals surface area contributed by atoms with Crippen LogP contribution >= 0.6 is 11.6 Å². The molecule has 3 rings (SSSR count). The van der Waals surface area contributed by atoms with Gasteiger partial charge in [-0.15, -0.1) is 0 Å². The van der Waals surface area contributed by atoms with E-state index in [9.17, 15) is 18.0 Å². The number of benzene rings is 2. The van der Waals surface area contributed by atoms with Crippen molar-refractivity contribution in [3.63, 3.8) is 0 Å². The van der Waals surface area contributed by atoms with E-state index in [0.717, 1.165) is 12.7 Å². The van der Waals surface area contributed by atoms with E-state index in [2.05, 4.69) is 9.97 Å². The lowest BCUT2D eigenvalue weighted by Crippen LogP contribution is -2.32. The number of carbonyl (C=O) groups is 1. The Hall–Kier alpha value is -2.91. The summed E-state index contributed by atoms with van der Waals surface area (Å²) < 4.78 is 28.6. The maximum absolute atomic E-state index is 12.8. The normalized spacial score (nSPS) is 11.5. The van der Waals surface area contributed by atoms with Crippen LogP contribution in [-0.2, 0) is 21.2 Å². The predicted molar refractivity (Wildman–Crippen MR) is 127 cm³/mol. The standard InChI is InChI=1S/C23H26ClN3O5S/c1-3-12-27(15-21-25-20-14-16(24)6-11-19(20)23(29)26-21)22(28)5-4-13-32-17-7-9-18(10-8-17)33(2,30)31/h6-11,14H,3-5,12-13,15H2,1-2H3,(H,25,26,29). The first-order valence-electron chi connectivity index (χ1n) is 10.6. The van der Waals surface area contributed by atoms with Gasteiger partial charge in [-0.3, -0.25) is 9.59 Å². The second-order valence-corrected chi connectivity index (χ2v) is 10.1. The van der Waals surface area contributed by atoms with Crippen molar-refractivity contribution in [3.8, 4) is 5.75 Å². The van der Waals surface area contributed by atoms with Crippen molar-refractivity contribution in [2.75, 3.05) is 19.4 Å². The number of ether oxygens (including phenoxy) is 1. The molecule has 1 amide bonds. The summed E-state index contributed by atoms with van der Waals surface area (Å²) in [6.07, 6.45) is 2.67. The minimum Gasteiger partial charge on any atom is -0.494 e. The van der Waals surface area contributed by atoms with Crippen molar-refractivity contribution in [3.05, 3.63) is 63.7 Å². The van der Waals surface area contributed by atoms with E-state index in [-0.39, 0.29) is 29.3 Å². The molecule has 1 heterocycles. The molecule has 3 aromatic rings. The number of nitrogens with one attached hydrogen (secondary N) is 1. The van der Waals surface area contributed by atoms with Crippen molar-refractivity contribution >= 4 is 38.2 Å². The number of halogens is 1. The molecule has 8 nitrogen and oxygen atoms in total. The van der Waals surface area contributed by atoms with E-state index in [0.29, 0.717) is 47.1 Å². The number of hydrogen-bond donors (Lipinski definition) is 1. The Balaban J connectivity index is 1.58. The monoisotopic (exact) mass is 491 g/mol. The SMILES string of the molecule is CCCN(Cc1nc2cc(Cl)ccc2c(=O)[nH]1)C(=O)CCCOc1ccc(S(C)(=O)=O)cc1. The van der Waals surface area contributed by atoms with Crippen LogP contribution in [0, 0.1) is 0 Å². The van der Waals surface area contributed by atoms with Crippen molar-refractivity contribution in [1.82, 2.24) is 14.9 Å². The Morgan fingerprint density at radius 3 is 2.58 bits per heavy atom. The van der Waals surface area contributed by atoms with E-state index in [4.69, 9.17) is 16.3 Å². The van der Waals surface area contributed by atoms with Gasteiger partial charge in [-0.1, -0.05) is 18.5 Å². The van der Waals surface area contributed by atoms with Crippen LogP contribution in [0.4, 0.5) is 0 Å². The third-order valence-corrected chi connectivity index (χ3v) is 6.32. The minimum absolute atomic E-state index is 0.0679. The second-order valence-electron chi connectivity index (χ2n) is 7.68. The third kappa shape index (κ3) is 6.79. The number of hydrogen-bond acceptors (Lipinski definition) is 6. The van der Waals surface area contributed by atoms with E-state index in [1.165, 1.54) is 12.1 Å². The molecule has 1 N–H and O–H groups in total. The molecule has 0 atom stereocenters. The molecule has 0 unspecified atom stereocenters. The Labute approximate surface area is 197 Å². The molecular weight excluding hydrogens is 466 g/mol. The minimum atomic E-state index is -3.25. The average molecular weight is 492 g/mol. The van der Waals surface area contributed by atoms with Crippen LogP contribution in [0.1, 0.15) is 32.0 Å².